The van der Waals surface area contributed by atoms with Crippen molar-refractivity contribution in [3.05, 3.63) is 0 Å². The van der Waals surface area contributed by atoms with Gasteiger partial charge in [-0.25, -0.2) is 4.99 Å². The first-order valence-electron chi connectivity index (χ1n) is 5.79. The van der Waals surface area contributed by atoms with E-state index in [1.165, 1.54) is 0 Å². The van der Waals surface area contributed by atoms with Crippen molar-refractivity contribution in [2.45, 2.75) is 32.6 Å². The van der Waals surface area contributed by atoms with Crippen LogP contribution in [0.1, 0.15) is 20.8 Å². The Hall–Kier alpha value is -0.980. The molecule has 92 valence electrons. The van der Waals surface area contributed by atoms with Crippen molar-refractivity contribution < 1.29 is 0 Å². The summed E-state index contributed by atoms with van der Waals surface area (Å²) in [5.41, 5.74) is 5.55. The van der Waals surface area contributed by atoms with Crippen LogP contribution < -0.4 is 21.7 Å². The number of likely N-dealkylation sites (N-methyl/N-ethyl adjacent to an activating group) is 2. The third-order valence-corrected chi connectivity index (χ3v) is 2.35. The monoisotopic (exact) mass is 226 g/mol. The minimum absolute atomic E-state index is 0.0970. The van der Waals surface area contributed by atoms with E-state index in [0.29, 0.717) is 12.5 Å². The van der Waals surface area contributed by atoms with Crippen molar-refractivity contribution in [2.75, 3.05) is 19.6 Å². The summed E-state index contributed by atoms with van der Waals surface area (Å²) in [7, 11) is 0. The number of rotatable bonds is 5. The van der Waals surface area contributed by atoms with Crippen molar-refractivity contribution in [3.8, 4) is 0 Å². The number of hydrogen-bond acceptors (Lipinski definition) is 4. The Labute approximate surface area is 96.8 Å². The van der Waals surface area contributed by atoms with E-state index < -0.39 is 5.66 Å². The van der Waals surface area contributed by atoms with Crippen molar-refractivity contribution in [2.24, 2.45) is 15.7 Å². The summed E-state index contributed by atoms with van der Waals surface area (Å²) >= 11 is 0. The molecule has 1 rings (SSSR count). The normalized spacial score (nSPS) is 31.8. The van der Waals surface area contributed by atoms with Crippen molar-refractivity contribution in [3.63, 3.8) is 0 Å². The minimum atomic E-state index is -0.669. The number of guanidine groups is 1. The van der Waals surface area contributed by atoms with Crippen LogP contribution in [0.2, 0.25) is 0 Å². The number of nitrogens with zero attached hydrogens (tertiary/aromatic N) is 2. The van der Waals surface area contributed by atoms with E-state index in [4.69, 9.17) is 5.73 Å². The summed E-state index contributed by atoms with van der Waals surface area (Å²) in [5, 5.41) is 9.67. The van der Waals surface area contributed by atoms with Gasteiger partial charge in [0.2, 0.25) is 5.96 Å². The summed E-state index contributed by atoms with van der Waals surface area (Å²) in [6, 6.07) is 0. The molecule has 0 bridgehead atoms. The number of nitrogens with two attached hydrogens (primary N) is 1. The van der Waals surface area contributed by atoms with Gasteiger partial charge in [0.1, 0.15) is 11.8 Å². The first-order chi connectivity index (χ1) is 7.66. The van der Waals surface area contributed by atoms with E-state index in [2.05, 4.69) is 25.9 Å². The molecule has 1 aliphatic heterocycles. The molecule has 16 heavy (non-hydrogen) atoms. The first-order valence-corrected chi connectivity index (χ1v) is 5.79. The van der Waals surface area contributed by atoms with Crippen LogP contribution in [0.4, 0.5) is 0 Å². The fraction of sp³-hybridized carbons (Fsp3) is 0.800. The predicted molar refractivity (Wildman–Crippen MR) is 67.7 cm³/mol. The zero-order chi connectivity index (χ0) is 12.0. The fourth-order valence-corrected chi connectivity index (χ4v) is 1.64. The summed E-state index contributed by atoms with van der Waals surface area (Å²) in [4.78, 5) is 8.44. The Balaban J connectivity index is 2.83. The van der Waals surface area contributed by atoms with E-state index in [0.717, 1.165) is 13.1 Å². The van der Waals surface area contributed by atoms with Crippen LogP contribution in [-0.4, -0.2) is 43.6 Å². The third kappa shape index (κ3) is 3.01. The molecule has 0 aromatic heterocycles. The summed E-state index contributed by atoms with van der Waals surface area (Å²) < 4.78 is 0. The topological polar surface area (TPSA) is 86.8 Å². The van der Waals surface area contributed by atoms with Crippen molar-refractivity contribution in [1.82, 2.24) is 16.0 Å². The van der Waals surface area contributed by atoms with E-state index in [9.17, 15) is 0 Å². The molecule has 6 nitrogen and oxygen atoms in total. The molecule has 6 heteroatoms. The van der Waals surface area contributed by atoms with Gasteiger partial charge in [0, 0.05) is 12.8 Å². The van der Waals surface area contributed by atoms with Gasteiger partial charge < -0.3 is 11.1 Å². The lowest BCUT2D eigenvalue weighted by molar-refractivity contribution is 0.307. The molecule has 0 aromatic rings. The molecule has 2 atom stereocenters. The average Bonchev–Trinajstić information content (AvgIpc) is 2.25. The number of hydrogen-bond donors (Lipinski definition) is 4. The highest BCUT2D eigenvalue weighted by molar-refractivity contribution is 5.93. The molecular weight excluding hydrogens is 204 g/mol. The second-order valence-electron chi connectivity index (χ2n) is 3.65. The average molecular weight is 226 g/mol. The second-order valence-corrected chi connectivity index (χ2v) is 3.65. The highest BCUT2D eigenvalue weighted by Crippen LogP contribution is 2.04. The Morgan fingerprint density at radius 1 is 1.50 bits per heavy atom. The minimum Gasteiger partial charge on any atom is -0.336 e. The smallest absolute Gasteiger partial charge is 0.219 e. The summed E-state index contributed by atoms with van der Waals surface area (Å²) in [6.45, 7) is 8.34. The van der Waals surface area contributed by atoms with E-state index in [-0.39, 0.29) is 6.17 Å². The van der Waals surface area contributed by atoms with Crippen LogP contribution in [0, 0.1) is 0 Å². The van der Waals surface area contributed by atoms with Gasteiger partial charge >= 0.3 is 0 Å². The summed E-state index contributed by atoms with van der Waals surface area (Å²) in [6.07, 6.45) is 1.62. The lowest BCUT2D eigenvalue weighted by Gasteiger charge is -2.38. The first kappa shape index (κ1) is 13.1. The molecule has 0 spiro atoms. The van der Waals surface area contributed by atoms with Crippen LogP contribution in [-0.2, 0) is 0 Å². The van der Waals surface area contributed by atoms with E-state index in [1.54, 1.807) is 6.21 Å². The Bertz CT molecular complexity index is 274. The van der Waals surface area contributed by atoms with Gasteiger partial charge in [-0.3, -0.25) is 15.6 Å². The molecule has 1 aliphatic rings. The number of aliphatic imine (C=N–C) groups is 2. The molecule has 0 fully saturated rings. The summed E-state index contributed by atoms with van der Waals surface area (Å²) in [5.74, 6) is 0.632. The SMILES string of the molecule is CCN=C1N=CC(N)(NCC)C(NCC)N1. The predicted octanol–water partition coefficient (Wildman–Crippen LogP) is -0.764. The highest BCUT2D eigenvalue weighted by atomic mass is 15.3. The van der Waals surface area contributed by atoms with E-state index in [1.807, 2.05) is 20.8 Å². The second kappa shape index (κ2) is 5.93. The van der Waals surface area contributed by atoms with Crippen LogP contribution in [0.3, 0.4) is 0 Å². The van der Waals surface area contributed by atoms with Crippen LogP contribution in [0.25, 0.3) is 0 Å². The Kier molecular flexibility index (Phi) is 4.85. The Morgan fingerprint density at radius 3 is 2.81 bits per heavy atom. The van der Waals surface area contributed by atoms with Gasteiger partial charge in [-0.15, -0.1) is 0 Å². The molecule has 0 saturated heterocycles. The molecule has 0 aliphatic carbocycles. The molecule has 1 heterocycles. The largest absolute Gasteiger partial charge is 0.336 e. The lowest BCUT2D eigenvalue weighted by Crippen LogP contribution is -2.74. The molecule has 5 N–H and O–H groups in total. The maximum Gasteiger partial charge on any atom is 0.219 e. The number of nitrogens with one attached hydrogen (secondary N) is 3. The molecular formula is C10H22N6. The zero-order valence-corrected chi connectivity index (χ0v) is 10.2. The molecule has 0 saturated carbocycles. The molecule has 0 radical (unpaired) electrons. The fourth-order valence-electron chi connectivity index (χ4n) is 1.64. The molecule has 2 unspecified atom stereocenters. The van der Waals surface area contributed by atoms with Gasteiger partial charge in [-0.05, 0) is 20.0 Å². The molecule has 0 amide bonds. The van der Waals surface area contributed by atoms with Crippen molar-refractivity contribution in [1.29, 1.82) is 0 Å². The van der Waals surface area contributed by atoms with Gasteiger partial charge in [-0.2, -0.15) is 0 Å². The van der Waals surface area contributed by atoms with Gasteiger partial charge in [0.05, 0.1) is 0 Å². The maximum absolute atomic E-state index is 6.22. The van der Waals surface area contributed by atoms with E-state index >= 15 is 0 Å². The van der Waals surface area contributed by atoms with Crippen LogP contribution >= 0.6 is 0 Å². The van der Waals surface area contributed by atoms with Crippen molar-refractivity contribution >= 4 is 12.2 Å². The third-order valence-electron chi connectivity index (χ3n) is 2.35. The molecule has 0 aromatic carbocycles. The van der Waals surface area contributed by atoms with Crippen LogP contribution in [0.15, 0.2) is 9.98 Å². The van der Waals surface area contributed by atoms with Gasteiger partial charge in [0.15, 0.2) is 0 Å². The van der Waals surface area contributed by atoms with Crippen LogP contribution in [0.5, 0.6) is 0 Å². The zero-order valence-electron chi connectivity index (χ0n) is 10.2. The Morgan fingerprint density at radius 2 is 2.25 bits per heavy atom. The van der Waals surface area contributed by atoms with Gasteiger partial charge in [0.25, 0.3) is 0 Å². The quantitative estimate of drug-likeness (QED) is 0.464. The standard InChI is InChI=1S/C10H22N6/c1-4-12-8-10(11,15-6-3)7-14-9(16-8)13-5-2/h7-8,12,15H,4-6,11H2,1-3H3,(H,13,16). The maximum atomic E-state index is 6.22. The lowest BCUT2D eigenvalue weighted by atomic mass is 10.1. The highest BCUT2D eigenvalue weighted by Gasteiger charge is 2.35. The van der Waals surface area contributed by atoms with Gasteiger partial charge in [-0.1, -0.05) is 13.8 Å².